The van der Waals surface area contributed by atoms with Crippen LogP contribution < -0.4 is 5.32 Å². The van der Waals surface area contributed by atoms with Crippen LogP contribution in [0.15, 0.2) is 36.5 Å². The molecule has 2 rings (SSSR count). The third-order valence-corrected chi connectivity index (χ3v) is 3.33. The van der Waals surface area contributed by atoms with Gasteiger partial charge in [-0.2, -0.15) is 0 Å². The van der Waals surface area contributed by atoms with Crippen molar-refractivity contribution in [2.75, 3.05) is 6.54 Å². The van der Waals surface area contributed by atoms with Crippen LogP contribution in [-0.2, 0) is 6.42 Å². The van der Waals surface area contributed by atoms with Gasteiger partial charge in [0.05, 0.1) is 0 Å². The van der Waals surface area contributed by atoms with E-state index in [1.165, 1.54) is 12.1 Å². The topological polar surface area (TPSA) is 24.9 Å². The summed E-state index contributed by atoms with van der Waals surface area (Å²) in [6, 6.07) is 7.64. The second kappa shape index (κ2) is 7.27. The molecule has 2 nitrogen and oxygen atoms in total. The summed E-state index contributed by atoms with van der Waals surface area (Å²) >= 11 is 0. The van der Waals surface area contributed by atoms with Crippen molar-refractivity contribution in [1.29, 1.82) is 0 Å². The van der Waals surface area contributed by atoms with Gasteiger partial charge in [0.1, 0.15) is 11.6 Å². The van der Waals surface area contributed by atoms with Crippen molar-refractivity contribution >= 4 is 0 Å². The number of nitrogens with zero attached hydrogens (tertiary/aromatic N) is 1. The van der Waals surface area contributed by atoms with Crippen LogP contribution in [0.2, 0.25) is 0 Å². The van der Waals surface area contributed by atoms with E-state index in [2.05, 4.69) is 17.2 Å². The number of rotatable bonds is 6. The van der Waals surface area contributed by atoms with Crippen LogP contribution in [-0.4, -0.2) is 11.5 Å². The highest BCUT2D eigenvalue weighted by atomic mass is 19.1. The van der Waals surface area contributed by atoms with E-state index in [-0.39, 0.29) is 6.04 Å². The molecule has 0 bridgehead atoms. The maximum absolute atomic E-state index is 13.3. The van der Waals surface area contributed by atoms with Gasteiger partial charge in [0.25, 0.3) is 0 Å². The molecular formula is C17H20F2N2. The van der Waals surface area contributed by atoms with Crippen molar-refractivity contribution in [1.82, 2.24) is 10.3 Å². The minimum absolute atomic E-state index is 0.0212. The first-order valence-corrected chi connectivity index (χ1v) is 7.19. The molecule has 21 heavy (non-hydrogen) atoms. The average molecular weight is 290 g/mol. The highest BCUT2D eigenvalue weighted by molar-refractivity contribution is 5.25. The van der Waals surface area contributed by atoms with Crippen LogP contribution in [0, 0.1) is 18.6 Å². The standard InChI is InChI=1S/C17H20F2N2/c1-3-5-21-17(14-4-6-20-12(2)7-14)10-13-8-15(18)11-16(19)9-13/h4,6-9,11,17,21H,3,5,10H2,1-2H3. The zero-order valence-electron chi connectivity index (χ0n) is 12.4. The molecular weight excluding hydrogens is 270 g/mol. The number of aryl methyl sites for hydroxylation is 1. The van der Waals surface area contributed by atoms with Gasteiger partial charge in [0, 0.05) is 24.0 Å². The average Bonchev–Trinajstić information content (AvgIpc) is 2.42. The Kier molecular flexibility index (Phi) is 5.39. The van der Waals surface area contributed by atoms with Gasteiger partial charge in [0.15, 0.2) is 0 Å². The largest absolute Gasteiger partial charge is 0.310 e. The van der Waals surface area contributed by atoms with Gasteiger partial charge in [0.2, 0.25) is 0 Å². The fourth-order valence-corrected chi connectivity index (χ4v) is 2.38. The lowest BCUT2D eigenvalue weighted by Crippen LogP contribution is -2.24. The Morgan fingerprint density at radius 2 is 1.86 bits per heavy atom. The number of pyridine rings is 1. The maximum Gasteiger partial charge on any atom is 0.126 e. The Morgan fingerprint density at radius 1 is 1.14 bits per heavy atom. The van der Waals surface area contributed by atoms with E-state index in [1.807, 2.05) is 19.1 Å². The number of benzene rings is 1. The zero-order valence-corrected chi connectivity index (χ0v) is 12.4. The summed E-state index contributed by atoms with van der Waals surface area (Å²) < 4.78 is 26.7. The number of halogens is 2. The normalized spacial score (nSPS) is 12.4. The molecule has 1 atom stereocenters. The summed E-state index contributed by atoms with van der Waals surface area (Å²) in [6.45, 7) is 4.87. The highest BCUT2D eigenvalue weighted by Gasteiger charge is 2.13. The van der Waals surface area contributed by atoms with E-state index >= 15 is 0 Å². The lowest BCUT2D eigenvalue weighted by molar-refractivity contribution is 0.522. The molecule has 0 fully saturated rings. The highest BCUT2D eigenvalue weighted by Crippen LogP contribution is 2.20. The van der Waals surface area contributed by atoms with E-state index in [4.69, 9.17) is 0 Å². The molecule has 0 aliphatic carbocycles. The fourth-order valence-electron chi connectivity index (χ4n) is 2.38. The van der Waals surface area contributed by atoms with Crippen molar-refractivity contribution in [3.8, 4) is 0 Å². The first-order chi connectivity index (χ1) is 10.1. The molecule has 2 aromatic rings. The minimum atomic E-state index is -0.537. The van der Waals surface area contributed by atoms with E-state index in [0.29, 0.717) is 12.0 Å². The molecule has 1 heterocycles. The maximum atomic E-state index is 13.3. The predicted molar refractivity (Wildman–Crippen MR) is 80.1 cm³/mol. The summed E-state index contributed by atoms with van der Waals surface area (Å²) in [5.41, 5.74) is 2.66. The fraction of sp³-hybridized carbons (Fsp3) is 0.353. The van der Waals surface area contributed by atoms with Crippen molar-refractivity contribution in [2.24, 2.45) is 0 Å². The second-order valence-corrected chi connectivity index (χ2v) is 5.22. The summed E-state index contributed by atoms with van der Waals surface area (Å²) in [4.78, 5) is 4.19. The van der Waals surface area contributed by atoms with Crippen LogP contribution in [0.1, 0.15) is 36.2 Å². The third-order valence-electron chi connectivity index (χ3n) is 3.33. The molecule has 1 N–H and O–H groups in total. The van der Waals surface area contributed by atoms with E-state index < -0.39 is 11.6 Å². The van der Waals surface area contributed by atoms with E-state index in [9.17, 15) is 8.78 Å². The van der Waals surface area contributed by atoms with Crippen LogP contribution in [0.3, 0.4) is 0 Å². The first-order valence-electron chi connectivity index (χ1n) is 7.19. The van der Waals surface area contributed by atoms with Crippen molar-refractivity contribution in [3.63, 3.8) is 0 Å². The Hall–Kier alpha value is -1.81. The molecule has 0 saturated heterocycles. The second-order valence-electron chi connectivity index (χ2n) is 5.22. The van der Waals surface area contributed by atoms with Crippen LogP contribution in [0.4, 0.5) is 8.78 Å². The van der Waals surface area contributed by atoms with Crippen molar-refractivity contribution in [3.05, 3.63) is 65.0 Å². The van der Waals surface area contributed by atoms with Crippen LogP contribution >= 0.6 is 0 Å². The molecule has 112 valence electrons. The number of aromatic nitrogens is 1. The lowest BCUT2D eigenvalue weighted by atomic mass is 9.98. The summed E-state index contributed by atoms with van der Waals surface area (Å²) in [6.07, 6.45) is 3.30. The van der Waals surface area contributed by atoms with Gasteiger partial charge >= 0.3 is 0 Å². The molecule has 0 aliphatic heterocycles. The Balaban J connectivity index is 2.23. The third kappa shape index (κ3) is 4.60. The number of hydrogen-bond acceptors (Lipinski definition) is 2. The quantitative estimate of drug-likeness (QED) is 0.871. The SMILES string of the molecule is CCCNC(Cc1cc(F)cc(F)c1)c1ccnc(C)c1. The Bertz CT molecular complexity index is 579. The summed E-state index contributed by atoms with van der Waals surface area (Å²) in [5.74, 6) is -1.07. The molecule has 4 heteroatoms. The van der Waals surface area contributed by atoms with E-state index in [1.54, 1.807) is 6.20 Å². The Labute approximate surface area is 124 Å². The van der Waals surface area contributed by atoms with Crippen molar-refractivity contribution in [2.45, 2.75) is 32.7 Å². The van der Waals surface area contributed by atoms with Gasteiger partial charge in [-0.15, -0.1) is 0 Å². The van der Waals surface area contributed by atoms with Gasteiger partial charge in [-0.05, 0) is 61.7 Å². The van der Waals surface area contributed by atoms with Crippen LogP contribution in [0.5, 0.6) is 0 Å². The molecule has 1 aromatic heterocycles. The molecule has 1 aromatic carbocycles. The van der Waals surface area contributed by atoms with Gasteiger partial charge in [-0.3, -0.25) is 4.98 Å². The predicted octanol–water partition coefficient (Wildman–Crippen LogP) is 3.95. The molecule has 0 radical (unpaired) electrons. The smallest absolute Gasteiger partial charge is 0.126 e. The van der Waals surface area contributed by atoms with Gasteiger partial charge in [-0.1, -0.05) is 6.92 Å². The monoisotopic (exact) mass is 290 g/mol. The summed E-state index contributed by atoms with van der Waals surface area (Å²) in [5, 5.41) is 3.43. The first kappa shape index (κ1) is 15.6. The molecule has 0 amide bonds. The molecule has 1 unspecified atom stereocenters. The van der Waals surface area contributed by atoms with Crippen molar-refractivity contribution < 1.29 is 8.78 Å². The van der Waals surface area contributed by atoms with Crippen LogP contribution in [0.25, 0.3) is 0 Å². The van der Waals surface area contributed by atoms with Gasteiger partial charge in [-0.25, -0.2) is 8.78 Å². The van der Waals surface area contributed by atoms with Gasteiger partial charge < -0.3 is 5.32 Å². The molecule has 0 spiro atoms. The summed E-state index contributed by atoms with van der Waals surface area (Å²) in [7, 11) is 0. The molecule has 0 aliphatic rings. The van der Waals surface area contributed by atoms with E-state index in [0.717, 1.165) is 30.3 Å². The zero-order chi connectivity index (χ0) is 15.2. The minimum Gasteiger partial charge on any atom is -0.310 e. The lowest BCUT2D eigenvalue weighted by Gasteiger charge is -2.19. The Morgan fingerprint density at radius 3 is 2.48 bits per heavy atom. The number of hydrogen-bond donors (Lipinski definition) is 1. The number of nitrogens with one attached hydrogen (secondary N) is 1. The molecule has 0 saturated carbocycles.